The van der Waals surface area contributed by atoms with Crippen molar-refractivity contribution < 1.29 is 9.59 Å². The Morgan fingerprint density at radius 1 is 0.464 bits per heavy atom. The smallest absolute Gasteiger partial charge is 0.195 e. The molecule has 0 aromatic heterocycles. The lowest BCUT2D eigenvalue weighted by Crippen LogP contribution is -1.97. The summed E-state index contributed by atoms with van der Waals surface area (Å²) in [6, 6.07) is 0. The van der Waals surface area contributed by atoms with E-state index in [0.717, 1.165) is 12.8 Å². The van der Waals surface area contributed by atoms with E-state index in [1.807, 2.05) is 0 Å². The van der Waals surface area contributed by atoms with Crippen molar-refractivity contribution >= 4 is 12.1 Å². The van der Waals surface area contributed by atoms with Crippen LogP contribution >= 0.6 is 0 Å². The summed E-state index contributed by atoms with van der Waals surface area (Å²) < 4.78 is 0. The summed E-state index contributed by atoms with van der Waals surface area (Å²) in [6.07, 6.45) is 31.1. The van der Waals surface area contributed by atoms with Crippen molar-refractivity contribution in [3.63, 3.8) is 0 Å². The van der Waals surface area contributed by atoms with Gasteiger partial charge in [0.15, 0.2) is 12.1 Å². The predicted molar refractivity (Wildman–Crippen MR) is 123 cm³/mol. The number of rotatable bonds is 24. The third-order valence-corrected chi connectivity index (χ3v) is 5.91. The molecule has 0 heterocycles. The van der Waals surface area contributed by atoms with E-state index in [1.54, 1.807) is 0 Å². The van der Waals surface area contributed by atoms with Gasteiger partial charge < -0.3 is 0 Å². The number of carbonyl (C=O) groups is 2. The van der Waals surface area contributed by atoms with Crippen LogP contribution in [0.2, 0.25) is 0 Å². The number of carbonyl (C=O) groups excluding carboxylic acids is 2. The van der Waals surface area contributed by atoms with Crippen LogP contribution in [0.15, 0.2) is 0 Å². The van der Waals surface area contributed by atoms with Gasteiger partial charge in [-0.15, -0.1) is 0 Å². The molecule has 2 heteroatoms. The summed E-state index contributed by atoms with van der Waals surface area (Å²) in [6.45, 7) is 2.29. The molecule has 28 heavy (non-hydrogen) atoms. The average molecular weight is 395 g/mol. The van der Waals surface area contributed by atoms with Gasteiger partial charge in [0.05, 0.1) is 0 Å². The fourth-order valence-corrected chi connectivity index (χ4v) is 3.97. The largest absolute Gasteiger partial charge is 0.295 e. The van der Waals surface area contributed by atoms with E-state index < -0.39 is 0 Å². The maximum atomic E-state index is 10.9. The number of ketones is 1. The summed E-state index contributed by atoms with van der Waals surface area (Å²) in [5.41, 5.74) is 0. The van der Waals surface area contributed by atoms with Crippen LogP contribution in [-0.4, -0.2) is 12.1 Å². The van der Waals surface area contributed by atoms with Crippen molar-refractivity contribution in [2.45, 2.75) is 155 Å². The number of hydrogen-bond acceptors (Lipinski definition) is 2. The molecule has 0 radical (unpaired) electrons. The summed E-state index contributed by atoms with van der Waals surface area (Å²) in [5, 5.41) is 0. The molecule has 0 fully saturated rings. The van der Waals surface area contributed by atoms with E-state index in [9.17, 15) is 9.59 Å². The Labute approximate surface area is 176 Å². The molecule has 0 amide bonds. The molecule has 0 bridgehead atoms. The second-order valence-corrected chi connectivity index (χ2v) is 8.76. The van der Waals surface area contributed by atoms with Crippen molar-refractivity contribution in [2.75, 3.05) is 0 Å². The Morgan fingerprint density at radius 2 is 0.714 bits per heavy atom. The first kappa shape index (κ1) is 27.3. The van der Waals surface area contributed by atoms with E-state index in [0.29, 0.717) is 12.7 Å². The van der Waals surface area contributed by atoms with Crippen LogP contribution in [0.1, 0.15) is 155 Å². The number of unbranched alkanes of at least 4 members (excludes halogenated alkanes) is 21. The standard InChI is InChI=1S/C26H50O2/c1-2-3-4-5-6-7-8-9-10-11-12-13-14-15-16-17-18-19-20-21-22-23-24-26(28)25-27/h25H,2-24H2,1H3. The number of aldehydes is 1. The van der Waals surface area contributed by atoms with E-state index in [4.69, 9.17) is 0 Å². The maximum absolute atomic E-state index is 10.9. The summed E-state index contributed by atoms with van der Waals surface area (Å²) in [7, 11) is 0. The lowest BCUT2D eigenvalue weighted by molar-refractivity contribution is -0.129. The highest BCUT2D eigenvalue weighted by Gasteiger charge is 1.98. The van der Waals surface area contributed by atoms with Gasteiger partial charge in [0.2, 0.25) is 0 Å². The second kappa shape index (κ2) is 24.4. The second-order valence-electron chi connectivity index (χ2n) is 8.76. The maximum Gasteiger partial charge on any atom is 0.195 e. The molecule has 0 aliphatic heterocycles. The lowest BCUT2D eigenvalue weighted by atomic mass is 10.0. The molecule has 0 N–H and O–H groups in total. The minimum Gasteiger partial charge on any atom is -0.295 e. The molecule has 0 spiro atoms. The third-order valence-electron chi connectivity index (χ3n) is 5.91. The van der Waals surface area contributed by atoms with Gasteiger partial charge in [-0.1, -0.05) is 142 Å². The van der Waals surface area contributed by atoms with E-state index in [1.165, 1.54) is 128 Å². The molecule has 0 aliphatic carbocycles. The summed E-state index contributed by atoms with van der Waals surface area (Å²) >= 11 is 0. The highest BCUT2D eigenvalue weighted by molar-refractivity contribution is 6.24. The molecule has 0 unspecified atom stereocenters. The van der Waals surface area contributed by atoms with Crippen LogP contribution in [0, 0.1) is 0 Å². The Bertz CT molecular complexity index is 324. The molecule has 0 aromatic carbocycles. The molecule has 0 saturated heterocycles. The van der Waals surface area contributed by atoms with E-state index >= 15 is 0 Å². The van der Waals surface area contributed by atoms with Gasteiger partial charge in [0.25, 0.3) is 0 Å². The number of Topliss-reactive ketones (excluding diaryl/α,β-unsaturated/α-hetero) is 1. The normalized spacial score (nSPS) is 11.0. The Hall–Kier alpha value is -0.660. The Kier molecular flexibility index (Phi) is 23.8. The first-order valence-corrected chi connectivity index (χ1v) is 12.8. The van der Waals surface area contributed by atoms with Crippen LogP contribution in [0.5, 0.6) is 0 Å². The summed E-state index contributed by atoms with van der Waals surface area (Å²) in [5.74, 6) is -0.242. The first-order chi connectivity index (χ1) is 13.8. The molecule has 0 aromatic rings. The molecule has 0 rings (SSSR count). The van der Waals surface area contributed by atoms with Gasteiger partial charge in [-0.3, -0.25) is 9.59 Å². The third kappa shape index (κ3) is 23.4. The monoisotopic (exact) mass is 394 g/mol. The molecular formula is C26H50O2. The zero-order valence-electron chi connectivity index (χ0n) is 19.2. The van der Waals surface area contributed by atoms with Crippen molar-refractivity contribution in [1.29, 1.82) is 0 Å². The van der Waals surface area contributed by atoms with Crippen molar-refractivity contribution in [3.8, 4) is 0 Å². The molecule has 0 aliphatic rings. The van der Waals surface area contributed by atoms with Crippen molar-refractivity contribution in [1.82, 2.24) is 0 Å². The Morgan fingerprint density at radius 3 is 0.964 bits per heavy atom. The zero-order chi connectivity index (χ0) is 20.5. The lowest BCUT2D eigenvalue weighted by Gasteiger charge is -2.04. The van der Waals surface area contributed by atoms with Gasteiger partial charge in [-0.05, 0) is 6.42 Å². The van der Waals surface area contributed by atoms with Crippen molar-refractivity contribution in [2.24, 2.45) is 0 Å². The SMILES string of the molecule is CCCCCCCCCCCCCCCCCCCCCCCCC(=O)C=O. The summed E-state index contributed by atoms with van der Waals surface area (Å²) in [4.78, 5) is 21.1. The van der Waals surface area contributed by atoms with Crippen LogP contribution < -0.4 is 0 Å². The predicted octanol–water partition coefficient (Wildman–Crippen LogP) is 8.75. The average Bonchev–Trinajstić information content (AvgIpc) is 2.71. The van der Waals surface area contributed by atoms with Gasteiger partial charge in [0.1, 0.15) is 0 Å². The first-order valence-electron chi connectivity index (χ1n) is 12.8. The quantitative estimate of drug-likeness (QED) is 0.0931. The van der Waals surface area contributed by atoms with Crippen molar-refractivity contribution in [3.05, 3.63) is 0 Å². The number of hydrogen-bond donors (Lipinski definition) is 0. The molecule has 0 atom stereocenters. The molecule has 2 nitrogen and oxygen atoms in total. The highest BCUT2D eigenvalue weighted by Crippen LogP contribution is 2.15. The minimum atomic E-state index is -0.242. The minimum absolute atomic E-state index is 0.242. The molecule has 166 valence electrons. The van der Waals surface area contributed by atoms with E-state index in [-0.39, 0.29) is 5.78 Å². The van der Waals surface area contributed by atoms with Gasteiger partial charge in [-0.25, -0.2) is 0 Å². The van der Waals surface area contributed by atoms with Gasteiger partial charge in [0, 0.05) is 6.42 Å². The fraction of sp³-hybridized carbons (Fsp3) is 0.923. The van der Waals surface area contributed by atoms with Crippen LogP contribution in [-0.2, 0) is 9.59 Å². The fourth-order valence-electron chi connectivity index (χ4n) is 3.97. The highest BCUT2D eigenvalue weighted by atomic mass is 16.2. The zero-order valence-corrected chi connectivity index (χ0v) is 19.2. The van der Waals surface area contributed by atoms with E-state index in [2.05, 4.69) is 6.92 Å². The van der Waals surface area contributed by atoms with Crippen LogP contribution in [0.4, 0.5) is 0 Å². The van der Waals surface area contributed by atoms with Crippen LogP contribution in [0.3, 0.4) is 0 Å². The van der Waals surface area contributed by atoms with Crippen LogP contribution in [0.25, 0.3) is 0 Å². The van der Waals surface area contributed by atoms with Gasteiger partial charge in [-0.2, -0.15) is 0 Å². The van der Waals surface area contributed by atoms with Gasteiger partial charge >= 0.3 is 0 Å². The molecular weight excluding hydrogens is 344 g/mol. The Balaban J connectivity index is 3.01. The topological polar surface area (TPSA) is 34.1 Å². The molecule has 0 saturated carbocycles.